The van der Waals surface area contributed by atoms with E-state index in [4.69, 9.17) is 9.47 Å². The van der Waals surface area contributed by atoms with E-state index in [0.717, 1.165) is 11.1 Å². The third-order valence-electron chi connectivity index (χ3n) is 5.17. The van der Waals surface area contributed by atoms with Crippen LogP contribution in [-0.2, 0) is 4.79 Å². The van der Waals surface area contributed by atoms with Crippen LogP contribution in [0.25, 0.3) is 0 Å². The largest absolute Gasteiger partial charge is 0.490 e. The first-order chi connectivity index (χ1) is 17.7. The van der Waals surface area contributed by atoms with Gasteiger partial charge < -0.3 is 14.8 Å². The number of nitro groups is 1. The number of anilines is 1. The summed E-state index contributed by atoms with van der Waals surface area (Å²) in [4.78, 5) is 35.0. The Morgan fingerprint density at radius 3 is 2.57 bits per heavy atom. The first-order valence-electron chi connectivity index (χ1n) is 11.2. The third-order valence-corrected chi connectivity index (χ3v) is 5.97. The van der Waals surface area contributed by atoms with Crippen molar-refractivity contribution in [1.82, 2.24) is 5.43 Å². The van der Waals surface area contributed by atoms with Crippen molar-refractivity contribution in [1.29, 1.82) is 0 Å². The Morgan fingerprint density at radius 1 is 1.08 bits per heavy atom. The van der Waals surface area contributed by atoms with Gasteiger partial charge in [-0.05, 0) is 90.4 Å². The van der Waals surface area contributed by atoms with Crippen LogP contribution in [0.4, 0.5) is 11.4 Å². The summed E-state index contributed by atoms with van der Waals surface area (Å²) in [6.07, 6.45) is 1.41. The Hall–Kier alpha value is -4.00. The highest BCUT2D eigenvalue weighted by atomic mass is 127. The number of carbonyl (C=O) groups excluding carboxylic acids is 2. The number of hydrogen-bond acceptors (Lipinski definition) is 7. The van der Waals surface area contributed by atoms with E-state index in [2.05, 4.69) is 38.4 Å². The molecule has 0 spiro atoms. The highest BCUT2D eigenvalue weighted by Gasteiger charge is 2.15. The fourth-order valence-corrected chi connectivity index (χ4v) is 3.99. The molecule has 0 fully saturated rings. The van der Waals surface area contributed by atoms with Gasteiger partial charge in [0.1, 0.15) is 0 Å². The Labute approximate surface area is 227 Å². The SMILES string of the molecule is CCOc1cc(/C=N/NC(=O)c2cccc([N+](=O)[O-])c2)cc(I)c1OCC(=O)Nc1ccc(C)c(C)c1. The van der Waals surface area contributed by atoms with Crippen LogP contribution < -0.4 is 20.2 Å². The van der Waals surface area contributed by atoms with E-state index in [1.807, 2.05) is 39.0 Å². The van der Waals surface area contributed by atoms with Crippen LogP contribution in [0.2, 0.25) is 0 Å². The first-order valence-corrected chi connectivity index (χ1v) is 12.3. The van der Waals surface area contributed by atoms with Gasteiger partial charge in [0.05, 0.1) is 21.3 Å². The predicted molar refractivity (Wildman–Crippen MR) is 149 cm³/mol. The molecule has 0 aliphatic rings. The van der Waals surface area contributed by atoms with Crippen molar-refractivity contribution < 1.29 is 24.0 Å². The van der Waals surface area contributed by atoms with E-state index >= 15 is 0 Å². The molecule has 11 heteroatoms. The molecule has 0 atom stereocenters. The van der Waals surface area contributed by atoms with E-state index in [1.165, 1.54) is 30.5 Å². The van der Waals surface area contributed by atoms with Gasteiger partial charge in [0.15, 0.2) is 18.1 Å². The topological polar surface area (TPSA) is 132 Å². The van der Waals surface area contributed by atoms with Crippen LogP contribution in [-0.4, -0.2) is 36.2 Å². The highest BCUT2D eigenvalue weighted by Crippen LogP contribution is 2.34. The van der Waals surface area contributed by atoms with Gasteiger partial charge in [0, 0.05) is 23.4 Å². The second kappa shape index (κ2) is 12.8. The molecule has 37 heavy (non-hydrogen) atoms. The van der Waals surface area contributed by atoms with Gasteiger partial charge in [-0.15, -0.1) is 0 Å². The zero-order chi connectivity index (χ0) is 26.9. The van der Waals surface area contributed by atoms with Gasteiger partial charge in [0.2, 0.25) is 0 Å². The van der Waals surface area contributed by atoms with Gasteiger partial charge in [-0.1, -0.05) is 12.1 Å². The van der Waals surface area contributed by atoms with Crippen LogP contribution in [0.15, 0.2) is 59.7 Å². The number of nitro benzene ring substituents is 1. The van der Waals surface area contributed by atoms with Crippen LogP contribution in [0, 0.1) is 27.5 Å². The molecular weight excluding hydrogens is 591 g/mol. The van der Waals surface area contributed by atoms with Gasteiger partial charge >= 0.3 is 0 Å². The maximum atomic E-state index is 12.4. The van der Waals surface area contributed by atoms with E-state index in [-0.39, 0.29) is 23.8 Å². The summed E-state index contributed by atoms with van der Waals surface area (Å²) < 4.78 is 12.2. The molecule has 3 rings (SSSR count). The number of halogens is 1. The maximum Gasteiger partial charge on any atom is 0.271 e. The van der Waals surface area contributed by atoms with E-state index in [1.54, 1.807) is 12.1 Å². The molecule has 10 nitrogen and oxygen atoms in total. The number of nitrogens with one attached hydrogen (secondary N) is 2. The van der Waals surface area contributed by atoms with Gasteiger partial charge in [-0.25, -0.2) is 5.43 Å². The van der Waals surface area contributed by atoms with Gasteiger partial charge in [0.25, 0.3) is 17.5 Å². The summed E-state index contributed by atoms with van der Waals surface area (Å²) in [5.41, 5.74) is 5.78. The first kappa shape index (κ1) is 27.6. The number of carbonyl (C=O) groups is 2. The Morgan fingerprint density at radius 2 is 1.86 bits per heavy atom. The number of rotatable bonds is 10. The van der Waals surface area contributed by atoms with Crippen molar-refractivity contribution in [3.63, 3.8) is 0 Å². The molecule has 0 saturated carbocycles. The molecule has 2 amide bonds. The van der Waals surface area contributed by atoms with E-state index in [9.17, 15) is 19.7 Å². The van der Waals surface area contributed by atoms with Crippen LogP contribution in [0.1, 0.15) is 34.0 Å². The molecule has 0 bridgehead atoms. The molecular formula is C26H25IN4O6. The Bertz CT molecular complexity index is 1360. The average Bonchev–Trinajstić information content (AvgIpc) is 2.86. The molecule has 0 heterocycles. The Kier molecular flexibility index (Phi) is 9.55. The zero-order valence-electron chi connectivity index (χ0n) is 20.4. The third kappa shape index (κ3) is 7.74. The van der Waals surface area contributed by atoms with Crippen LogP contribution >= 0.6 is 22.6 Å². The lowest BCUT2D eigenvalue weighted by Gasteiger charge is -2.15. The number of benzene rings is 3. The summed E-state index contributed by atoms with van der Waals surface area (Å²) in [6.45, 7) is 5.95. The standard InChI is InChI=1S/C26H25IN4O6/c1-4-36-23-12-18(14-28-30-26(33)19-6-5-7-21(13-19)31(34)35)11-22(27)25(23)37-15-24(32)29-20-9-8-16(2)17(3)10-20/h5-14H,4,15H2,1-3H3,(H,29,32)(H,30,33)/b28-14+. The highest BCUT2D eigenvalue weighted by molar-refractivity contribution is 14.1. The number of non-ortho nitro benzene ring substituents is 1. The number of aryl methyl sites for hydroxylation is 2. The van der Waals surface area contributed by atoms with Gasteiger partial charge in [-0.3, -0.25) is 19.7 Å². The van der Waals surface area contributed by atoms with E-state index in [0.29, 0.717) is 32.9 Å². The summed E-state index contributed by atoms with van der Waals surface area (Å²) >= 11 is 2.06. The molecule has 3 aromatic carbocycles. The van der Waals surface area contributed by atoms with Crippen molar-refractivity contribution >= 4 is 52.0 Å². The molecule has 2 N–H and O–H groups in total. The Balaban J connectivity index is 1.67. The monoisotopic (exact) mass is 616 g/mol. The summed E-state index contributed by atoms with van der Waals surface area (Å²) in [7, 11) is 0. The second-order valence-electron chi connectivity index (χ2n) is 7.91. The molecule has 192 valence electrons. The summed E-state index contributed by atoms with van der Waals surface area (Å²) in [5, 5.41) is 17.7. The lowest BCUT2D eigenvalue weighted by atomic mass is 10.1. The van der Waals surface area contributed by atoms with Crippen LogP contribution in [0.3, 0.4) is 0 Å². The second-order valence-corrected chi connectivity index (χ2v) is 9.07. The molecule has 3 aromatic rings. The lowest BCUT2D eigenvalue weighted by molar-refractivity contribution is -0.384. The molecule has 0 aliphatic heterocycles. The van der Waals surface area contributed by atoms with Crippen molar-refractivity contribution in [2.24, 2.45) is 5.10 Å². The molecule has 0 aliphatic carbocycles. The average molecular weight is 616 g/mol. The zero-order valence-corrected chi connectivity index (χ0v) is 22.6. The number of amides is 2. The predicted octanol–water partition coefficient (Wildman–Crippen LogP) is 5.00. The minimum Gasteiger partial charge on any atom is -0.490 e. The molecule has 0 saturated heterocycles. The van der Waals surface area contributed by atoms with Crippen LogP contribution in [0.5, 0.6) is 11.5 Å². The number of hydrazone groups is 1. The maximum absolute atomic E-state index is 12.4. The van der Waals surface area contributed by atoms with Crippen molar-refractivity contribution in [3.05, 3.63) is 90.5 Å². The quantitative estimate of drug-likeness (QED) is 0.143. The minimum absolute atomic E-state index is 0.110. The fraction of sp³-hybridized carbons (Fsp3) is 0.192. The smallest absolute Gasteiger partial charge is 0.271 e. The lowest BCUT2D eigenvalue weighted by Crippen LogP contribution is -2.21. The van der Waals surface area contributed by atoms with Gasteiger partial charge in [-0.2, -0.15) is 5.10 Å². The number of nitrogens with zero attached hydrogens (tertiary/aromatic N) is 2. The molecule has 0 unspecified atom stereocenters. The van der Waals surface area contributed by atoms with E-state index < -0.39 is 10.8 Å². The molecule has 0 aromatic heterocycles. The molecule has 0 radical (unpaired) electrons. The summed E-state index contributed by atoms with van der Waals surface area (Å²) in [6, 6.07) is 14.4. The van der Waals surface area contributed by atoms with Crippen molar-refractivity contribution in [2.45, 2.75) is 20.8 Å². The fourth-order valence-electron chi connectivity index (χ4n) is 3.21. The van der Waals surface area contributed by atoms with Crippen molar-refractivity contribution in [3.8, 4) is 11.5 Å². The minimum atomic E-state index is -0.589. The van der Waals surface area contributed by atoms with Crippen molar-refractivity contribution in [2.75, 3.05) is 18.5 Å². The normalized spacial score (nSPS) is 10.7. The summed E-state index contributed by atoms with van der Waals surface area (Å²) in [5.74, 6) is -0.0688. The number of ether oxygens (including phenoxy) is 2. The number of hydrogen-bond donors (Lipinski definition) is 2.